The molecule has 0 fully saturated rings. The number of ether oxygens (including phenoxy) is 1. The van der Waals surface area contributed by atoms with Crippen LogP contribution in [0.4, 0.5) is 0 Å². The maximum absolute atomic E-state index is 11.8. The van der Waals surface area contributed by atoms with Gasteiger partial charge in [0.2, 0.25) is 0 Å². The van der Waals surface area contributed by atoms with E-state index in [-0.39, 0.29) is 5.56 Å². The van der Waals surface area contributed by atoms with Crippen molar-refractivity contribution in [1.82, 2.24) is 10.2 Å². The quantitative estimate of drug-likeness (QED) is 0.786. The standard InChI is InChI=1S/C13H16BrN3O2/c1-19-11-5-4-8(14)7-10(11)12-9(3-2-6-15)13(18)17-16-12/h4-5,7H,2-3,6,15H2,1H3,(H2,16,17,18). The van der Waals surface area contributed by atoms with Crippen LogP contribution in [0.15, 0.2) is 27.5 Å². The van der Waals surface area contributed by atoms with Gasteiger partial charge in [0.1, 0.15) is 5.75 Å². The van der Waals surface area contributed by atoms with E-state index in [4.69, 9.17) is 10.5 Å². The Bertz CT molecular complexity index is 619. The Hall–Kier alpha value is -1.53. The van der Waals surface area contributed by atoms with Crippen molar-refractivity contribution < 1.29 is 4.74 Å². The molecule has 2 aromatic rings. The molecule has 1 aromatic heterocycles. The van der Waals surface area contributed by atoms with E-state index >= 15 is 0 Å². The summed E-state index contributed by atoms with van der Waals surface area (Å²) in [6, 6.07) is 5.67. The van der Waals surface area contributed by atoms with Gasteiger partial charge < -0.3 is 10.5 Å². The lowest BCUT2D eigenvalue weighted by Gasteiger charge is -2.09. The van der Waals surface area contributed by atoms with Gasteiger partial charge in [-0.1, -0.05) is 15.9 Å². The molecule has 1 heterocycles. The monoisotopic (exact) mass is 325 g/mol. The zero-order valence-corrected chi connectivity index (χ0v) is 12.2. The predicted octanol–water partition coefficient (Wildman–Crippen LogP) is 2.03. The predicted molar refractivity (Wildman–Crippen MR) is 78.5 cm³/mol. The SMILES string of the molecule is COc1ccc(Br)cc1-c1[nH][nH]c(=O)c1CCCN. The first-order valence-corrected chi connectivity index (χ1v) is 6.80. The summed E-state index contributed by atoms with van der Waals surface area (Å²) in [6.45, 7) is 0.555. The zero-order valence-electron chi connectivity index (χ0n) is 10.6. The number of halogens is 1. The molecule has 0 amide bonds. The number of hydrogen-bond acceptors (Lipinski definition) is 3. The maximum Gasteiger partial charge on any atom is 0.267 e. The van der Waals surface area contributed by atoms with E-state index in [1.54, 1.807) is 7.11 Å². The van der Waals surface area contributed by atoms with Gasteiger partial charge in [-0.2, -0.15) is 0 Å². The van der Waals surface area contributed by atoms with Gasteiger partial charge in [0.25, 0.3) is 5.56 Å². The molecular weight excluding hydrogens is 310 g/mol. The molecule has 0 unspecified atom stereocenters. The summed E-state index contributed by atoms with van der Waals surface area (Å²) in [5, 5.41) is 5.55. The fourth-order valence-corrected chi connectivity index (χ4v) is 2.37. The molecular formula is C13H16BrN3O2. The van der Waals surface area contributed by atoms with Gasteiger partial charge >= 0.3 is 0 Å². The van der Waals surface area contributed by atoms with E-state index in [0.29, 0.717) is 24.3 Å². The summed E-state index contributed by atoms with van der Waals surface area (Å²) in [7, 11) is 1.61. The molecule has 0 aliphatic rings. The van der Waals surface area contributed by atoms with Crippen molar-refractivity contribution in [3.05, 3.63) is 38.6 Å². The highest BCUT2D eigenvalue weighted by Crippen LogP contribution is 2.32. The van der Waals surface area contributed by atoms with Crippen LogP contribution < -0.4 is 16.0 Å². The van der Waals surface area contributed by atoms with Crippen molar-refractivity contribution in [2.24, 2.45) is 5.73 Å². The number of nitrogens with one attached hydrogen (secondary N) is 2. The number of aromatic nitrogens is 2. The molecule has 2 rings (SSSR count). The highest BCUT2D eigenvalue weighted by molar-refractivity contribution is 9.10. The number of H-pyrrole nitrogens is 2. The van der Waals surface area contributed by atoms with Gasteiger partial charge in [0.15, 0.2) is 0 Å². The third-order valence-electron chi connectivity index (χ3n) is 2.94. The lowest BCUT2D eigenvalue weighted by Crippen LogP contribution is -2.09. The van der Waals surface area contributed by atoms with Gasteiger partial charge in [-0.05, 0) is 37.6 Å². The first-order valence-electron chi connectivity index (χ1n) is 6.01. The minimum atomic E-state index is -0.106. The second kappa shape index (κ2) is 6.08. The minimum absolute atomic E-state index is 0.106. The summed E-state index contributed by atoms with van der Waals surface area (Å²) in [5.74, 6) is 0.715. The highest BCUT2D eigenvalue weighted by Gasteiger charge is 2.15. The minimum Gasteiger partial charge on any atom is -0.496 e. The average molecular weight is 326 g/mol. The lowest BCUT2D eigenvalue weighted by atomic mass is 10.0. The Morgan fingerprint density at radius 3 is 2.84 bits per heavy atom. The molecule has 1 aromatic carbocycles. The van der Waals surface area contributed by atoms with E-state index in [2.05, 4.69) is 26.1 Å². The fraction of sp³-hybridized carbons (Fsp3) is 0.308. The van der Waals surface area contributed by atoms with E-state index in [1.807, 2.05) is 18.2 Å². The van der Waals surface area contributed by atoms with Crippen LogP contribution in [0.25, 0.3) is 11.3 Å². The van der Waals surface area contributed by atoms with E-state index in [1.165, 1.54) is 0 Å². The average Bonchev–Trinajstić information content (AvgIpc) is 2.77. The van der Waals surface area contributed by atoms with Crippen molar-refractivity contribution >= 4 is 15.9 Å². The second-order valence-corrected chi connectivity index (χ2v) is 5.09. The van der Waals surface area contributed by atoms with Crippen molar-refractivity contribution in [3.8, 4) is 17.0 Å². The maximum atomic E-state index is 11.8. The largest absolute Gasteiger partial charge is 0.496 e. The van der Waals surface area contributed by atoms with Gasteiger partial charge in [-0.3, -0.25) is 15.0 Å². The Morgan fingerprint density at radius 2 is 2.16 bits per heavy atom. The van der Waals surface area contributed by atoms with Crippen LogP contribution in [0.5, 0.6) is 5.75 Å². The van der Waals surface area contributed by atoms with Crippen molar-refractivity contribution in [3.63, 3.8) is 0 Å². The molecule has 19 heavy (non-hydrogen) atoms. The molecule has 5 nitrogen and oxygen atoms in total. The molecule has 4 N–H and O–H groups in total. The number of nitrogens with two attached hydrogens (primary N) is 1. The van der Waals surface area contributed by atoms with Crippen LogP contribution in [0.3, 0.4) is 0 Å². The fourth-order valence-electron chi connectivity index (χ4n) is 2.01. The third kappa shape index (κ3) is 2.90. The number of aromatic amines is 2. The topological polar surface area (TPSA) is 83.9 Å². The molecule has 0 radical (unpaired) electrons. The van der Waals surface area contributed by atoms with Gasteiger partial charge in [0, 0.05) is 15.6 Å². The van der Waals surface area contributed by atoms with Crippen LogP contribution >= 0.6 is 15.9 Å². The lowest BCUT2D eigenvalue weighted by molar-refractivity contribution is 0.416. The summed E-state index contributed by atoms with van der Waals surface area (Å²) in [4.78, 5) is 11.8. The highest BCUT2D eigenvalue weighted by atomic mass is 79.9. The molecule has 6 heteroatoms. The molecule has 0 aliphatic carbocycles. The van der Waals surface area contributed by atoms with Gasteiger partial charge in [-0.15, -0.1) is 0 Å². The van der Waals surface area contributed by atoms with Crippen LogP contribution in [0.2, 0.25) is 0 Å². The Morgan fingerprint density at radius 1 is 1.37 bits per heavy atom. The molecule has 0 saturated carbocycles. The Labute approximate surface area is 119 Å². The number of benzene rings is 1. The molecule has 0 bridgehead atoms. The summed E-state index contributed by atoms with van der Waals surface area (Å²) < 4.78 is 6.27. The molecule has 0 atom stereocenters. The number of hydrogen-bond donors (Lipinski definition) is 3. The van der Waals surface area contributed by atoms with E-state index in [9.17, 15) is 4.79 Å². The smallest absolute Gasteiger partial charge is 0.267 e. The molecule has 0 aliphatic heterocycles. The summed E-state index contributed by atoms with van der Waals surface area (Å²) >= 11 is 3.43. The normalized spacial score (nSPS) is 10.7. The summed E-state index contributed by atoms with van der Waals surface area (Å²) in [5.41, 5.74) is 7.72. The van der Waals surface area contributed by atoms with Crippen LogP contribution in [-0.2, 0) is 6.42 Å². The van der Waals surface area contributed by atoms with Crippen LogP contribution in [-0.4, -0.2) is 23.9 Å². The number of methoxy groups -OCH3 is 1. The Balaban J connectivity index is 2.52. The van der Waals surface area contributed by atoms with Gasteiger partial charge in [-0.25, -0.2) is 0 Å². The molecule has 0 spiro atoms. The second-order valence-electron chi connectivity index (χ2n) is 4.17. The van der Waals surface area contributed by atoms with E-state index < -0.39 is 0 Å². The Kier molecular flexibility index (Phi) is 4.44. The molecule has 0 saturated heterocycles. The zero-order chi connectivity index (χ0) is 13.8. The van der Waals surface area contributed by atoms with Gasteiger partial charge in [0.05, 0.1) is 12.8 Å². The van der Waals surface area contributed by atoms with Crippen LogP contribution in [0.1, 0.15) is 12.0 Å². The first-order chi connectivity index (χ1) is 9.17. The van der Waals surface area contributed by atoms with Crippen LogP contribution in [0, 0.1) is 0 Å². The third-order valence-corrected chi connectivity index (χ3v) is 3.43. The van der Waals surface area contributed by atoms with Crippen molar-refractivity contribution in [1.29, 1.82) is 0 Å². The number of rotatable bonds is 5. The molecule has 102 valence electrons. The first kappa shape index (κ1) is 13.9. The van der Waals surface area contributed by atoms with E-state index in [0.717, 1.165) is 22.2 Å². The van der Waals surface area contributed by atoms with Crippen molar-refractivity contribution in [2.45, 2.75) is 12.8 Å². The van der Waals surface area contributed by atoms with Crippen molar-refractivity contribution in [2.75, 3.05) is 13.7 Å². The summed E-state index contributed by atoms with van der Waals surface area (Å²) in [6.07, 6.45) is 1.41.